The summed E-state index contributed by atoms with van der Waals surface area (Å²) in [5.41, 5.74) is 1.18. The minimum Gasteiger partial charge on any atom is -0.484 e. The SMILES string of the molecule is CC1(C)CC(NC(=O)COc2ccc(C(=O)c3ccccc3)cc2)CC(C)(C)N1. The first-order chi connectivity index (χ1) is 13.6. The molecular formula is C24H30N2O3. The second-order valence-corrected chi connectivity index (χ2v) is 9.07. The molecule has 0 spiro atoms. The van der Waals surface area contributed by atoms with Gasteiger partial charge in [0, 0.05) is 28.2 Å². The Labute approximate surface area is 172 Å². The third-order valence-corrected chi connectivity index (χ3v) is 5.08. The molecule has 1 heterocycles. The van der Waals surface area contributed by atoms with Crippen LogP contribution in [0.2, 0.25) is 0 Å². The van der Waals surface area contributed by atoms with E-state index >= 15 is 0 Å². The van der Waals surface area contributed by atoms with Gasteiger partial charge in [0.05, 0.1) is 0 Å². The summed E-state index contributed by atoms with van der Waals surface area (Å²) >= 11 is 0. The smallest absolute Gasteiger partial charge is 0.258 e. The van der Waals surface area contributed by atoms with E-state index in [4.69, 9.17) is 4.74 Å². The van der Waals surface area contributed by atoms with Crippen LogP contribution in [0.25, 0.3) is 0 Å². The second kappa shape index (κ2) is 8.37. The average Bonchev–Trinajstić information content (AvgIpc) is 2.64. The maximum atomic E-state index is 12.4. The van der Waals surface area contributed by atoms with Crippen LogP contribution in [0.3, 0.4) is 0 Å². The Morgan fingerprint density at radius 1 is 0.931 bits per heavy atom. The van der Waals surface area contributed by atoms with E-state index in [9.17, 15) is 9.59 Å². The van der Waals surface area contributed by atoms with Gasteiger partial charge in [-0.05, 0) is 64.8 Å². The highest BCUT2D eigenvalue weighted by atomic mass is 16.5. The quantitative estimate of drug-likeness (QED) is 0.733. The summed E-state index contributed by atoms with van der Waals surface area (Å²) in [6.07, 6.45) is 1.75. The van der Waals surface area contributed by atoms with E-state index in [1.54, 1.807) is 36.4 Å². The van der Waals surface area contributed by atoms with Crippen LogP contribution in [0.15, 0.2) is 54.6 Å². The van der Waals surface area contributed by atoms with Crippen LogP contribution in [-0.2, 0) is 4.79 Å². The van der Waals surface area contributed by atoms with E-state index in [-0.39, 0.29) is 35.4 Å². The van der Waals surface area contributed by atoms with Crippen LogP contribution in [0, 0.1) is 0 Å². The molecule has 2 N–H and O–H groups in total. The van der Waals surface area contributed by atoms with Crippen LogP contribution < -0.4 is 15.4 Å². The Morgan fingerprint density at radius 2 is 1.48 bits per heavy atom. The molecule has 3 rings (SSSR count). The van der Waals surface area contributed by atoms with E-state index < -0.39 is 0 Å². The number of ketones is 1. The second-order valence-electron chi connectivity index (χ2n) is 9.07. The molecule has 2 aromatic rings. The van der Waals surface area contributed by atoms with Crippen molar-refractivity contribution < 1.29 is 14.3 Å². The fourth-order valence-corrected chi connectivity index (χ4v) is 4.30. The number of piperidine rings is 1. The molecule has 0 atom stereocenters. The van der Waals surface area contributed by atoms with Crippen molar-refractivity contribution in [3.05, 3.63) is 65.7 Å². The van der Waals surface area contributed by atoms with Gasteiger partial charge in [-0.3, -0.25) is 9.59 Å². The molecular weight excluding hydrogens is 364 g/mol. The van der Waals surface area contributed by atoms with Gasteiger partial charge >= 0.3 is 0 Å². The zero-order chi connectivity index (χ0) is 21.1. The van der Waals surface area contributed by atoms with Gasteiger partial charge in [0.1, 0.15) is 5.75 Å². The van der Waals surface area contributed by atoms with Crippen molar-refractivity contribution in [3.8, 4) is 5.75 Å². The summed E-state index contributed by atoms with van der Waals surface area (Å²) in [7, 11) is 0. The molecule has 1 amide bonds. The summed E-state index contributed by atoms with van der Waals surface area (Å²) in [5, 5.41) is 6.70. The topological polar surface area (TPSA) is 67.4 Å². The molecule has 0 saturated carbocycles. The highest BCUT2D eigenvalue weighted by Gasteiger charge is 2.38. The highest BCUT2D eigenvalue weighted by molar-refractivity contribution is 6.08. The molecule has 1 aliphatic heterocycles. The lowest BCUT2D eigenvalue weighted by atomic mass is 9.79. The van der Waals surface area contributed by atoms with Crippen LogP contribution in [0.1, 0.15) is 56.5 Å². The Balaban J connectivity index is 1.52. The van der Waals surface area contributed by atoms with E-state index in [2.05, 4.69) is 38.3 Å². The Morgan fingerprint density at radius 3 is 2.07 bits per heavy atom. The molecule has 0 radical (unpaired) electrons. The molecule has 1 fully saturated rings. The number of benzene rings is 2. The molecule has 29 heavy (non-hydrogen) atoms. The Kier molecular flexibility index (Phi) is 6.08. The number of ether oxygens (including phenoxy) is 1. The summed E-state index contributed by atoms with van der Waals surface area (Å²) in [6, 6.07) is 16.2. The zero-order valence-corrected chi connectivity index (χ0v) is 17.6. The van der Waals surface area contributed by atoms with Crippen LogP contribution in [-0.4, -0.2) is 35.4 Å². The number of carbonyl (C=O) groups excluding carboxylic acids is 2. The van der Waals surface area contributed by atoms with Crippen LogP contribution in [0.5, 0.6) is 5.75 Å². The monoisotopic (exact) mass is 394 g/mol. The van der Waals surface area contributed by atoms with E-state index in [0.717, 1.165) is 12.8 Å². The van der Waals surface area contributed by atoms with Gasteiger partial charge in [-0.1, -0.05) is 30.3 Å². The fraction of sp³-hybridized carbons (Fsp3) is 0.417. The molecule has 1 aliphatic rings. The van der Waals surface area contributed by atoms with Gasteiger partial charge in [-0.2, -0.15) is 0 Å². The van der Waals surface area contributed by atoms with E-state index in [0.29, 0.717) is 16.9 Å². The molecule has 0 bridgehead atoms. The number of rotatable bonds is 6. The Bertz CT molecular complexity index is 841. The molecule has 0 aliphatic carbocycles. The van der Waals surface area contributed by atoms with Gasteiger partial charge in [0.15, 0.2) is 12.4 Å². The molecule has 0 unspecified atom stereocenters. The van der Waals surface area contributed by atoms with Gasteiger partial charge in [-0.15, -0.1) is 0 Å². The third-order valence-electron chi connectivity index (χ3n) is 5.08. The number of carbonyl (C=O) groups is 2. The van der Waals surface area contributed by atoms with Crippen molar-refractivity contribution in [1.29, 1.82) is 0 Å². The predicted octanol–water partition coefficient (Wildman–Crippen LogP) is 3.72. The van der Waals surface area contributed by atoms with Crippen molar-refractivity contribution in [1.82, 2.24) is 10.6 Å². The van der Waals surface area contributed by atoms with Crippen molar-refractivity contribution in [2.75, 3.05) is 6.61 Å². The fourth-order valence-electron chi connectivity index (χ4n) is 4.30. The van der Waals surface area contributed by atoms with E-state index in [1.165, 1.54) is 0 Å². The minimum atomic E-state index is -0.132. The first-order valence-electron chi connectivity index (χ1n) is 10.0. The zero-order valence-electron chi connectivity index (χ0n) is 17.6. The normalized spacial score (nSPS) is 18.1. The predicted molar refractivity (Wildman–Crippen MR) is 114 cm³/mol. The number of amides is 1. The van der Waals surface area contributed by atoms with Crippen molar-refractivity contribution >= 4 is 11.7 Å². The number of nitrogens with one attached hydrogen (secondary N) is 2. The average molecular weight is 395 g/mol. The summed E-state index contributed by atoms with van der Waals surface area (Å²) in [5.74, 6) is 0.398. The lowest BCUT2D eigenvalue weighted by Crippen LogP contribution is -2.62. The lowest BCUT2D eigenvalue weighted by Gasteiger charge is -2.46. The number of hydrogen-bond donors (Lipinski definition) is 2. The van der Waals surface area contributed by atoms with Gasteiger partial charge < -0.3 is 15.4 Å². The lowest BCUT2D eigenvalue weighted by molar-refractivity contribution is -0.124. The Hall–Kier alpha value is -2.66. The molecule has 5 nitrogen and oxygen atoms in total. The van der Waals surface area contributed by atoms with Gasteiger partial charge in [0.25, 0.3) is 5.91 Å². The highest BCUT2D eigenvalue weighted by Crippen LogP contribution is 2.28. The minimum absolute atomic E-state index is 0.0261. The van der Waals surface area contributed by atoms with Crippen LogP contribution >= 0.6 is 0 Å². The third kappa shape index (κ3) is 5.91. The van der Waals surface area contributed by atoms with Gasteiger partial charge in [0.2, 0.25) is 0 Å². The standard InChI is InChI=1S/C24H30N2O3/c1-23(2)14-19(15-24(3,4)26-23)25-21(27)16-29-20-12-10-18(11-13-20)22(28)17-8-6-5-7-9-17/h5-13,19,26H,14-16H2,1-4H3,(H,25,27). The maximum Gasteiger partial charge on any atom is 0.258 e. The first kappa shape index (κ1) is 21.1. The summed E-state index contributed by atoms with van der Waals surface area (Å²) in [4.78, 5) is 24.8. The largest absolute Gasteiger partial charge is 0.484 e. The number of hydrogen-bond acceptors (Lipinski definition) is 4. The van der Waals surface area contributed by atoms with E-state index in [1.807, 2.05) is 18.2 Å². The van der Waals surface area contributed by atoms with Crippen LogP contribution in [0.4, 0.5) is 0 Å². The summed E-state index contributed by atoms with van der Waals surface area (Å²) < 4.78 is 5.61. The molecule has 0 aromatic heterocycles. The molecule has 1 saturated heterocycles. The maximum absolute atomic E-state index is 12.4. The molecule has 5 heteroatoms. The molecule has 2 aromatic carbocycles. The van der Waals surface area contributed by atoms with Gasteiger partial charge in [-0.25, -0.2) is 0 Å². The van der Waals surface area contributed by atoms with Crippen molar-refractivity contribution in [3.63, 3.8) is 0 Å². The molecule has 154 valence electrons. The first-order valence-corrected chi connectivity index (χ1v) is 10.0. The summed E-state index contributed by atoms with van der Waals surface area (Å²) in [6.45, 7) is 8.57. The van der Waals surface area contributed by atoms with Crippen molar-refractivity contribution in [2.45, 2.75) is 57.7 Å². The van der Waals surface area contributed by atoms with Crippen molar-refractivity contribution in [2.24, 2.45) is 0 Å².